The van der Waals surface area contributed by atoms with Gasteiger partial charge in [-0.05, 0) is 37.1 Å². The predicted molar refractivity (Wildman–Crippen MR) is 83.3 cm³/mol. The first kappa shape index (κ1) is 16.6. The molecule has 1 saturated carbocycles. The first-order chi connectivity index (χ1) is 11.3. The standard InChI is InChI=1S/C15H18F3N5O/c16-15(17,18)24-11-7-5-9(6-8-11)12-21-13(19)23-14(20,22-12)10-3-1-2-4-10/h5-8,10H,1-4,20H2,(H3,19,21,22,23). The summed E-state index contributed by atoms with van der Waals surface area (Å²) in [5.41, 5.74) is 12.7. The normalized spacial score (nSPS) is 25.0. The molecule has 0 saturated heterocycles. The summed E-state index contributed by atoms with van der Waals surface area (Å²) >= 11 is 0. The molecule has 9 heteroatoms. The van der Waals surface area contributed by atoms with E-state index in [1.807, 2.05) is 0 Å². The molecule has 1 aliphatic carbocycles. The summed E-state index contributed by atoms with van der Waals surface area (Å²) in [6, 6.07) is 5.34. The molecule has 1 aromatic carbocycles. The van der Waals surface area contributed by atoms with E-state index in [0.717, 1.165) is 25.7 Å². The van der Waals surface area contributed by atoms with Gasteiger partial charge in [-0.3, -0.25) is 5.73 Å². The number of guanidine groups is 1. The molecule has 130 valence electrons. The minimum Gasteiger partial charge on any atom is -0.406 e. The van der Waals surface area contributed by atoms with Crippen LogP contribution >= 0.6 is 0 Å². The molecule has 0 aromatic heterocycles. The lowest BCUT2D eigenvalue weighted by Gasteiger charge is -2.32. The van der Waals surface area contributed by atoms with E-state index in [-0.39, 0.29) is 17.6 Å². The number of aliphatic imine (C=N–C) groups is 2. The molecule has 0 radical (unpaired) electrons. The minimum atomic E-state index is -4.73. The number of rotatable bonds is 3. The molecule has 1 aromatic rings. The average molecular weight is 341 g/mol. The van der Waals surface area contributed by atoms with Crippen molar-refractivity contribution in [1.82, 2.24) is 5.32 Å². The molecule has 0 spiro atoms. The quantitative estimate of drug-likeness (QED) is 0.784. The van der Waals surface area contributed by atoms with Gasteiger partial charge in [0.15, 0.2) is 5.96 Å². The lowest BCUT2D eigenvalue weighted by Crippen LogP contribution is -2.53. The largest absolute Gasteiger partial charge is 0.573 e. The molecule has 1 aliphatic heterocycles. The molecule has 24 heavy (non-hydrogen) atoms. The van der Waals surface area contributed by atoms with E-state index in [1.165, 1.54) is 24.3 Å². The molecular weight excluding hydrogens is 323 g/mol. The van der Waals surface area contributed by atoms with Crippen LogP contribution in [-0.2, 0) is 0 Å². The second kappa shape index (κ2) is 5.97. The first-order valence-corrected chi connectivity index (χ1v) is 7.62. The number of alkyl halides is 3. The fraction of sp³-hybridized carbons (Fsp3) is 0.467. The summed E-state index contributed by atoms with van der Waals surface area (Å²) < 4.78 is 40.5. The minimum absolute atomic E-state index is 0.0981. The van der Waals surface area contributed by atoms with Crippen molar-refractivity contribution in [3.8, 4) is 5.75 Å². The maximum Gasteiger partial charge on any atom is 0.573 e. The van der Waals surface area contributed by atoms with Gasteiger partial charge in [0.05, 0.1) is 0 Å². The van der Waals surface area contributed by atoms with Crippen molar-refractivity contribution >= 4 is 11.8 Å². The summed E-state index contributed by atoms with van der Waals surface area (Å²) in [5.74, 6) is -0.817. The fourth-order valence-electron chi connectivity index (χ4n) is 3.06. The highest BCUT2D eigenvalue weighted by Crippen LogP contribution is 2.35. The number of halogens is 3. The Kier molecular flexibility index (Phi) is 4.12. The highest BCUT2D eigenvalue weighted by Gasteiger charge is 2.39. The highest BCUT2D eigenvalue weighted by atomic mass is 19.4. The molecule has 2 aliphatic rings. The zero-order valence-corrected chi connectivity index (χ0v) is 12.8. The van der Waals surface area contributed by atoms with E-state index in [9.17, 15) is 13.2 Å². The number of nitrogens with two attached hydrogens (primary N) is 2. The molecule has 6 nitrogen and oxygen atoms in total. The molecular formula is C15H18F3N5O. The number of ether oxygens (including phenoxy) is 1. The van der Waals surface area contributed by atoms with Crippen molar-refractivity contribution < 1.29 is 17.9 Å². The van der Waals surface area contributed by atoms with Gasteiger partial charge in [-0.2, -0.15) is 0 Å². The zero-order valence-electron chi connectivity index (χ0n) is 12.8. The lowest BCUT2D eigenvalue weighted by molar-refractivity contribution is -0.274. The number of hydrogen-bond donors (Lipinski definition) is 3. The van der Waals surface area contributed by atoms with Crippen LogP contribution in [0.25, 0.3) is 0 Å². The Labute approximate surface area is 136 Å². The maximum absolute atomic E-state index is 12.2. The second-order valence-electron chi connectivity index (χ2n) is 5.92. The van der Waals surface area contributed by atoms with Crippen LogP contribution < -0.4 is 21.5 Å². The van der Waals surface area contributed by atoms with Crippen LogP contribution in [0.15, 0.2) is 34.3 Å². The molecule has 1 unspecified atom stereocenters. The molecule has 0 bridgehead atoms. The van der Waals surface area contributed by atoms with Gasteiger partial charge in [0.1, 0.15) is 11.6 Å². The van der Waals surface area contributed by atoms with E-state index >= 15 is 0 Å². The Hall–Kier alpha value is -2.29. The molecule has 5 N–H and O–H groups in total. The van der Waals surface area contributed by atoms with Crippen molar-refractivity contribution in [1.29, 1.82) is 0 Å². The van der Waals surface area contributed by atoms with Gasteiger partial charge in [-0.15, -0.1) is 13.2 Å². The highest BCUT2D eigenvalue weighted by molar-refractivity contribution is 6.09. The van der Waals surface area contributed by atoms with Crippen molar-refractivity contribution in [2.24, 2.45) is 27.4 Å². The fourth-order valence-corrected chi connectivity index (χ4v) is 3.06. The van der Waals surface area contributed by atoms with Crippen molar-refractivity contribution in [3.05, 3.63) is 29.8 Å². The monoisotopic (exact) mass is 341 g/mol. The number of nitrogens with zero attached hydrogens (tertiary/aromatic N) is 2. The topological polar surface area (TPSA) is 98.0 Å². The molecule has 0 amide bonds. The Bertz CT molecular complexity index is 665. The van der Waals surface area contributed by atoms with Gasteiger partial charge in [0.25, 0.3) is 0 Å². The zero-order chi connectivity index (χ0) is 17.4. The van der Waals surface area contributed by atoms with E-state index in [4.69, 9.17) is 11.5 Å². The summed E-state index contributed by atoms with van der Waals surface area (Å²) in [6.45, 7) is 0. The second-order valence-corrected chi connectivity index (χ2v) is 5.92. The van der Waals surface area contributed by atoms with E-state index in [2.05, 4.69) is 20.0 Å². The van der Waals surface area contributed by atoms with Gasteiger partial charge in [-0.25, -0.2) is 9.98 Å². The van der Waals surface area contributed by atoms with Gasteiger partial charge >= 0.3 is 6.36 Å². The number of benzene rings is 1. The smallest absolute Gasteiger partial charge is 0.406 e. The Morgan fingerprint density at radius 1 is 1.12 bits per heavy atom. The Morgan fingerprint density at radius 3 is 2.33 bits per heavy atom. The Balaban J connectivity index is 1.84. The number of nitrogens with one attached hydrogen (secondary N) is 1. The first-order valence-electron chi connectivity index (χ1n) is 7.62. The van der Waals surface area contributed by atoms with E-state index in [0.29, 0.717) is 11.4 Å². The summed E-state index contributed by atoms with van der Waals surface area (Å²) in [4.78, 5) is 8.71. The van der Waals surface area contributed by atoms with Gasteiger partial charge in [-0.1, -0.05) is 12.8 Å². The van der Waals surface area contributed by atoms with Crippen molar-refractivity contribution in [2.45, 2.75) is 37.8 Å². The van der Waals surface area contributed by atoms with Gasteiger partial charge in [0, 0.05) is 11.5 Å². The van der Waals surface area contributed by atoms with E-state index < -0.39 is 12.1 Å². The van der Waals surface area contributed by atoms with Crippen LogP contribution in [0.3, 0.4) is 0 Å². The van der Waals surface area contributed by atoms with Crippen molar-refractivity contribution in [3.63, 3.8) is 0 Å². The Morgan fingerprint density at radius 2 is 1.75 bits per heavy atom. The molecule has 1 fully saturated rings. The summed E-state index contributed by atoms with van der Waals surface area (Å²) in [6.07, 6.45) is -0.749. The van der Waals surface area contributed by atoms with Crippen LogP contribution in [0.4, 0.5) is 13.2 Å². The average Bonchev–Trinajstić information content (AvgIpc) is 3.00. The molecule has 1 heterocycles. The maximum atomic E-state index is 12.2. The van der Waals surface area contributed by atoms with Gasteiger partial charge in [0.2, 0.25) is 5.79 Å². The van der Waals surface area contributed by atoms with Gasteiger partial charge < -0.3 is 15.8 Å². The summed E-state index contributed by atoms with van der Waals surface area (Å²) in [7, 11) is 0. The van der Waals surface area contributed by atoms with E-state index in [1.54, 1.807) is 0 Å². The lowest BCUT2D eigenvalue weighted by atomic mass is 9.99. The third-order valence-electron chi connectivity index (χ3n) is 4.15. The third kappa shape index (κ3) is 3.61. The number of amidine groups is 1. The van der Waals surface area contributed by atoms with Crippen LogP contribution in [0.2, 0.25) is 0 Å². The van der Waals surface area contributed by atoms with Crippen molar-refractivity contribution in [2.75, 3.05) is 0 Å². The SMILES string of the molecule is NC1=NC(N)(C2CCCC2)N=C(c2ccc(OC(F)(F)F)cc2)N1. The predicted octanol–water partition coefficient (Wildman–Crippen LogP) is 2.05. The van der Waals surface area contributed by atoms with Crippen LogP contribution in [-0.4, -0.2) is 23.9 Å². The number of hydrogen-bond acceptors (Lipinski definition) is 6. The summed E-state index contributed by atoms with van der Waals surface area (Å²) in [5, 5.41) is 2.81. The molecule has 1 atom stereocenters. The third-order valence-corrected chi connectivity index (χ3v) is 4.15. The van der Waals surface area contributed by atoms with Crippen LogP contribution in [0, 0.1) is 5.92 Å². The van der Waals surface area contributed by atoms with Crippen LogP contribution in [0.5, 0.6) is 5.75 Å². The molecule has 3 rings (SSSR count). The van der Waals surface area contributed by atoms with Crippen LogP contribution in [0.1, 0.15) is 31.2 Å².